The number of hydrogen-bond donors (Lipinski definition) is 2. The maximum Gasteiger partial charge on any atom is 0.220 e. The molecule has 4 nitrogen and oxygen atoms in total. The van der Waals surface area contributed by atoms with Crippen LogP contribution < -0.4 is 11.1 Å². The second-order valence-electron chi connectivity index (χ2n) is 4.34. The molecule has 3 N–H and O–H groups in total. The zero-order valence-electron chi connectivity index (χ0n) is 10.9. The summed E-state index contributed by atoms with van der Waals surface area (Å²) in [5.41, 5.74) is 6.94. The summed E-state index contributed by atoms with van der Waals surface area (Å²) in [6.45, 7) is 1.14. The van der Waals surface area contributed by atoms with E-state index in [9.17, 15) is 4.79 Å². The number of nitrogens with one attached hydrogen (secondary N) is 1. The summed E-state index contributed by atoms with van der Waals surface area (Å²) in [7, 11) is 1.62. The number of carbonyl (C=O) groups excluding carboxylic acids is 1. The Morgan fingerprint density at radius 2 is 2.11 bits per heavy atom. The van der Waals surface area contributed by atoms with Gasteiger partial charge in [-0.25, -0.2) is 0 Å². The van der Waals surface area contributed by atoms with Crippen LogP contribution in [0, 0.1) is 0 Å². The number of amides is 1. The number of hydrogen-bond acceptors (Lipinski definition) is 3. The van der Waals surface area contributed by atoms with Crippen molar-refractivity contribution in [3.63, 3.8) is 0 Å². The minimum atomic E-state index is -0.00979. The molecule has 0 bridgehead atoms. The summed E-state index contributed by atoms with van der Waals surface area (Å²) in [6, 6.07) is 9.99. The number of methoxy groups -OCH3 is 1. The molecule has 0 fully saturated rings. The SMILES string of the molecule is COCC(N)CCNC(=O)CCc1ccccc1. The molecule has 18 heavy (non-hydrogen) atoms. The topological polar surface area (TPSA) is 64.3 Å². The monoisotopic (exact) mass is 250 g/mol. The van der Waals surface area contributed by atoms with Gasteiger partial charge in [-0.15, -0.1) is 0 Å². The lowest BCUT2D eigenvalue weighted by molar-refractivity contribution is -0.121. The number of nitrogens with two attached hydrogens (primary N) is 1. The van der Waals surface area contributed by atoms with Crippen molar-refractivity contribution in [1.29, 1.82) is 0 Å². The molecule has 0 radical (unpaired) electrons. The first-order valence-electron chi connectivity index (χ1n) is 6.27. The van der Waals surface area contributed by atoms with Crippen molar-refractivity contribution >= 4 is 5.91 Å². The molecule has 1 atom stereocenters. The van der Waals surface area contributed by atoms with Gasteiger partial charge in [-0.2, -0.15) is 0 Å². The molecule has 1 rings (SSSR count). The van der Waals surface area contributed by atoms with Crippen LogP contribution in [0.4, 0.5) is 0 Å². The first-order chi connectivity index (χ1) is 8.72. The summed E-state index contributed by atoms with van der Waals surface area (Å²) < 4.78 is 4.93. The molecule has 4 heteroatoms. The van der Waals surface area contributed by atoms with E-state index in [1.807, 2.05) is 30.3 Å². The third-order valence-corrected chi connectivity index (χ3v) is 2.70. The fourth-order valence-corrected chi connectivity index (χ4v) is 1.69. The smallest absolute Gasteiger partial charge is 0.220 e. The molecule has 1 aromatic rings. The molecule has 0 aliphatic heterocycles. The van der Waals surface area contributed by atoms with E-state index in [0.29, 0.717) is 19.6 Å². The predicted octanol–water partition coefficient (Wildman–Crippen LogP) is 1.10. The molecule has 1 unspecified atom stereocenters. The average molecular weight is 250 g/mol. The maximum atomic E-state index is 11.6. The third kappa shape index (κ3) is 6.37. The standard InChI is InChI=1S/C14H22N2O2/c1-18-11-13(15)9-10-16-14(17)8-7-12-5-3-2-4-6-12/h2-6,13H,7-11,15H2,1H3,(H,16,17). The lowest BCUT2D eigenvalue weighted by Gasteiger charge is -2.10. The van der Waals surface area contributed by atoms with Crippen LogP contribution in [0.25, 0.3) is 0 Å². The van der Waals surface area contributed by atoms with Crippen molar-refractivity contribution in [3.05, 3.63) is 35.9 Å². The molecule has 1 amide bonds. The molecule has 0 aliphatic rings. The highest BCUT2D eigenvalue weighted by Crippen LogP contribution is 2.02. The van der Waals surface area contributed by atoms with E-state index >= 15 is 0 Å². The van der Waals surface area contributed by atoms with Gasteiger partial charge in [0.05, 0.1) is 6.61 Å². The summed E-state index contributed by atoms with van der Waals surface area (Å²) in [4.78, 5) is 11.6. The minimum Gasteiger partial charge on any atom is -0.383 e. The number of carbonyl (C=O) groups is 1. The van der Waals surface area contributed by atoms with Gasteiger partial charge in [0.25, 0.3) is 0 Å². The van der Waals surface area contributed by atoms with Gasteiger partial charge in [0, 0.05) is 26.1 Å². The van der Waals surface area contributed by atoms with Crippen molar-refractivity contribution in [2.75, 3.05) is 20.3 Å². The van der Waals surface area contributed by atoms with E-state index in [4.69, 9.17) is 10.5 Å². The van der Waals surface area contributed by atoms with E-state index < -0.39 is 0 Å². The van der Waals surface area contributed by atoms with Gasteiger partial charge in [-0.1, -0.05) is 30.3 Å². The van der Waals surface area contributed by atoms with Crippen LogP contribution in [0.3, 0.4) is 0 Å². The average Bonchev–Trinajstić information content (AvgIpc) is 2.38. The molecule has 0 aliphatic carbocycles. The van der Waals surface area contributed by atoms with Crippen LogP contribution in [0.1, 0.15) is 18.4 Å². The van der Waals surface area contributed by atoms with Gasteiger partial charge >= 0.3 is 0 Å². The van der Waals surface area contributed by atoms with Gasteiger partial charge in [-0.3, -0.25) is 4.79 Å². The van der Waals surface area contributed by atoms with Gasteiger partial charge in [0.15, 0.2) is 0 Å². The number of ether oxygens (including phenoxy) is 1. The van der Waals surface area contributed by atoms with Gasteiger partial charge < -0.3 is 15.8 Å². The summed E-state index contributed by atoms with van der Waals surface area (Å²) in [5.74, 6) is 0.0727. The second-order valence-corrected chi connectivity index (χ2v) is 4.34. The first kappa shape index (κ1) is 14.7. The highest BCUT2D eigenvalue weighted by molar-refractivity contribution is 5.76. The lowest BCUT2D eigenvalue weighted by Crippen LogP contribution is -2.32. The van der Waals surface area contributed by atoms with Crippen molar-refractivity contribution in [1.82, 2.24) is 5.32 Å². The molecule has 0 saturated heterocycles. The lowest BCUT2D eigenvalue weighted by atomic mass is 10.1. The van der Waals surface area contributed by atoms with Gasteiger partial charge in [0.1, 0.15) is 0 Å². The fourth-order valence-electron chi connectivity index (χ4n) is 1.69. The normalized spacial score (nSPS) is 12.1. The second kappa shape index (κ2) is 8.66. The quantitative estimate of drug-likeness (QED) is 0.726. The van der Waals surface area contributed by atoms with Crippen LogP contribution in [-0.4, -0.2) is 32.2 Å². The van der Waals surface area contributed by atoms with E-state index in [0.717, 1.165) is 12.8 Å². The number of rotatable bonds is 8. The Morgan fingerprint density at radius 1 is 1.39 bits per heavy atom. The minimum absolute atomic E-state index is 0.00979. The van der Waals surface area contributed by atoms with E-state index in [1.165, 1.54) is 5.56 Å². The predicted molar refractivity (Wildman–Crippen MR) is 72.2 cm³/mol. The molecule has 0 aromatic heterocycles. The number of aryl methyl sites for hydroxylation is 1. The summed E-state index contributed by atoms with van der Waals surface area (Å²) in [6.07, 6.45) is 2.03. The zero-order chi connectivity index (χ0) is 13.2. The fraction of sp³-hybridized carbons (Fsp3) is 0.500. The Morgan fingerprint density at radius 3 is 2.78 bits per heavy atom. The molecule has 0 heterocycles. The Labute approximate surface area is 109 Å². The summed E-state index contributed by atoms with van der Waals surface area (Å²) >= 11 is 0. The Balaban J connectivity index is 2.11. The van der Waals surface area contributed by atoms with Crippen molar-refractivity contribution < 1.29 is 9.53 Å². The highest BCUT2D eigenvalue weighted by Gasteiger charge is 2.04. The van der Waals surface area contributed by atoms with Crippen LogP contribution >= 0.6 is 0 Å². The van der Waals surface area contributed by atoms with Crippen LogP contribution in [0.2, 0.25) is 0 Å². The van der Waals surface area contributed by atoms with Crippen molar-refractivity contribution in [2.24, 2.45) is 5.73 Å². The van der Waals surface area contributed by atoms with Crippen LogP contribution in [0.15, 0.2) is 30.3 Å². The molecular weight excluding hydrogens is 228 g/mol. The molecule has 0 spiro atoms. The maximum absolute atomic E-state index is 11.6. The molecule has 1 aromatic carbocycles. The van der Waals surface area contributed by atoms with Crippen LogP contribution in [0.5, 0.6) is 0 Å². The summed E-state index contributed by atoms with van der Waals surface area (Å²) in [5, 5.41) is 2.87. The Bertz CT molecular complexity index is 341. The molecule has 100 valence electrons. The third-order valence-electron chi connectivity index (χ3n) is 2.70. The highest BCUT2D eigenvalue weighted by atomic mass is 16.5. The Hall–Kier alpha value is -1.39. The van der Waals surface area contributed by atoms with Gasteiger partial charge in [0.2, 0.25) is 5.91 Å². The zero-order valence-corrected chi connectivity index (χ0v) is 10.9. The largest absolute Gasteiger partial charge is 0.383 e. The number of benzene rings is 1. The van der Waals surface area contributed by atoms with E-state index in [1.54, 1.807) is 7.11 Å². The van der Waals surface area contributed by atoms with E-state index in [2.05, 4.69) is 5.32 Å². The molecule has 0 saturated carbocycles. The van der Waals surface area contributed by atoms with Crippen molar-refractivity contribution in [2.45, 2.75) is 25.3 Å². The first-order valence-corrected chi connectivity index (χ1v) is 6.27. The van der Waals surface area contributed by atoms with Crippen LogP contribution in [-0.2, 0) is 16.0 Å². The van der Waals surface area contributed by atoms with Crippen molar-refractivity contribution in [3.8, 4) is 0 Å². The Kier molecular flexibility index (Phi) is 7.06. The molecular formula is C14H22N2O2. The van der Waals surface area contributed by atoms with E-state index in [-0.39, 0.29) is 11.9 Å². The van der Waals surface area contributed by atoms with Gasteiger partial charge in [-0.05, 0) is 18.4 Å².